The molecule has 0 aliphatic carbocycles. The summed E-state index contributed by atoms with van der Waals surface area (Å²) in [5, 5.41) is 3.13. The molecule has 3 nitrogen and oxygen atoms in total. The van der Waals surface area contributed by atoms with Gasteiger partial charge in [0.25, 0.3) is 0 Å². The minimum Gasteiger partial charge on any atom is -0.496 e. The second-order valence-electron chi connectivity index (χ2n) is 3.76. The summed E-state index contributed by atoms with van der Waals surface area (Å²) in [4.78, 5) is 0. The van der Waals surface area contributed by atoms with Gasteiger partial charge in [-0.25, -0.2) is 4.39 Å². The smallest absolute Gasteiger partial charge is 0.174 e. The third-order valence-electron chi connectivity index (χ3n) is 2.75. The Morgan fingerprint density at radius 2 is 2.11 bits per heavy atom. The molecule has 1 atom stereocenters. The Hall–Kier alpha value is -1.33. The molecule has 0 saturated heterocycles. The molecule has 96 valence electrons. The predicted molar refractivity (Wildman–Crippen MR) is 70.3 cm³/mol. The van der Waals surface area contributed by atoms with Crippen LogP contribution < -0.4 is 10.1 Å². The van der Waals surface area contributed by atoms with Gasteiger partial charge >= 0.3 is 0 Å². The van der Waals surface area contributed by atoms with Crippen LogP contribution in [0.4, 0.5) is 4.39 Å². The standard InChI is InChI=1S/C13H13BrFNO2/c1-16-12(9-5-6-18-13(9)14)10-7-8(15)3-4-11(10)17-2/h3-7,12,16H,1-2H3. The Kier molecular flexibility index (Phi) is 4.04. The maximum atomic E-state index is 13.4. The second kappa shape index (κ2) is 5.54. The summed E-state index contributed by atoms with van der Waals surface area (Å²) in [6, 6.07) is 6.07. The molecule has 0 aliphatic rings. The fraction of sp³-hybridized carbons (Fsp3) is 0.231. The van der Waals surface area contributed by atoms with Crippen LogP contribution in [-0.2, 0) is 0 Å². The zero-order valence-corrected chi connectivity index (χ0v) is 11.6. The summed E-state index contributed by atoms with van der Waals surface area (Å²) in [6.07, 6.45) is 1.58. The average molecular weight is 314 g/mol. The number of methoxy groups -OCH3 is 1. The van der Waals surface area contributed by atoms with Gasteiger partial charge < -0.3 is 14.5 Å². The van der Waals surface area contributed by atoms with Crippen molar-refractivity contribution in [3.63, 3.8) is 0 Å². The molecule has 2 rings (SSSR count). The van der Waals surface area contributed by atoms with Crippen LogP contribution in [0, 0.1) is 5.82 Å². The first kappa shape index (κ1) is 13.1. The zero-order valence-electron chi connectivity index (χ0n) is 10.0. The van der Waals surface area contributed by atoms with Crippen molar-refractivity contribution in [2.75, 3.05) is 14.2 Å². The van der Waals surface area contributed by atoms with Gasteiger partial charge in [0.1, 0.15) is 11.6 Å². The van der Waals surface area contributed by atoms with E-state index in [2.05, 4.69) is 21.2 Å². The maximum absolute atomic E-state index is 13.4. The van der Waals surface area contributed by atoms with Gasteiger partial charge in [-0.1, -0.05) is 0 Å². The van der Waals surface area contributed by atoms with Gasteiger partial charge in [-0.15, -0.1) is 0 Å². The Morgan fingerprint density at radius 3 is 2.67 bits per heavy atom. The van der Waals surface area contributed by atoms with Gasteiger partial charge in [-0.05, 0) is 47.2 Å². The minimum absolute atomic E-state index is 0.205. The fourth-order valence-corrected chi connectivity index (χ4v) is 2.39. The van der Waals surface area contributed by atoms with Gasteiger partial charge in [0.2, 0.25) is 0 Å². The lowest BCUT2D eigenvalue weighted by Gasteiger charge is -2.18. The molecule has 1 N–H and O–H groups in total. The van der Waals surface area contributed by atoms with E-state index < -0.39 is 0 Å². The number of furan rings is 1. The van der Waals surface area contributed by atoms with Gasteiger partial charge in [0.05, 0.1) is 19.4 Å². The van der Waals surface area contributed by atoms with Crippen LogP contribution >= 0.6 is 15.9 Å². The molecule has 2 aromatic rings. The summed E-state index contributed by atoms with van der Waals surface area (Å²) in [7, 11) is 3.36. The Balaban J connectivity index is 2.51. The molecule has 0 aliphatic heterocycles. The lowest BCUT2D eigenvalue weighted by molar-refractivity contribution is 0.403. The van der Waals surface area contributed by atoms with Crippen LogP contribution in [0.5, 0.6) is 5.75 Å². The molecule has 0 bridgehead atoms. The van der Waals surface area contributed by atoms with Crippen molar-refractivity contribution in [2.45, 2.75) is 6.04 Å². The average Bonchev–Trinajstić information content (AvgIpc) is 2.77. The van der Waals surface area contributed by atoms with Crippen molar-refractivity contribution < 1.29 is 13.5 Å². The zero-order chi connectivity index (χ0) is 13.1. The lowest BCUT2D eigenvalue weighted by Crippen LogP contribution is -2.18. The molecule has 0 amide bonds. The van der Waals surface area contributed by atoms with E-state index >= 15 is 0 Å². The van der Waals surface area contributed by atoms with Crippen molar-refractivity contribution in [3.8, 4) is 5.75 Å². The number of ether oxygens (including phenoxy) is 1. The second-order valence-corrected chi connectivity index (χ2v) is 4.48. The lowest BCUT2D eigenvalue weighted by atomic mass is 10.0. The third-order valence-corrected chi connectivity index (χ3v) is 3.39. The minimum atomic E-state index is -0.300. The third kappa shape index (κ3) is 2.42. The van der Waals surface area contributed by atoms with Gasteiger partial charge in [-0.3, -0.25) is 0 Å². The molecule has 1 aromatic carbocycles. The van der Waals surface area contributed by atoms with Crippen LogP contribution in [0.25, 0.3) is 0 Å². The summed E-state index contributed by atoms with van der Waals surface area (Å²) in [5.74, 6) is 0.328. The highest BCUT2D eigenvalue weighted by Gasteiger charge is 2.21. The topological polar surface area (TPSA) is 34.4 Å². The molecular weight excluding hydrogens is 301 g/mol. The van der Waals surface area contributed by atoms with E-state index in [4.69, 9.17) is 9.15 Å². The Morgan fingerprint density at radius 1 is 1.33 bits per heavy atom. The summed E-state index contributed by atoms with van der Waals surface area (Å²) in [6.45, 7) is 0. The molecule has 1 heterocycles. The Bertz CT molecular complexity index is 542. The highest BCUT2D eigenvalue weighted by molar-refractivity contribution is 9.10. The number of benzene rings is 1. The predicted octanol–water partition coefficient (Wildman–Crippen LogP) is 3.50. The first-order chi connectivity index (χ1) is 8.67. The molecular formula is C13H13BrFNO2. The highest BCUT2D eigenvalue weighted by atomic mass is 79.9. The number of halogens is 2. The Labute approximate surface area is 113 Å². The summed E-state index contributed by atoms with van der Waals surface area (Å²) >= 11 is 3.33. The molecule has 0 fully saturated rings. The van der Waals surface area contributed by atoms with Crippen molar-refractivity contribution in [1.82, 2.24) is 5.32 Å². The largest absolute Gasteiger partial charge is 0.496 e. The van der Waals surface area contributed by atoms with Crippen LogP contribution in [0.1, 0.15) is 17.2 Å². The SMILES string of the molecule is CNC(c1cc(F)ccc1OC)c1ccoc1Br. The van der Waals surface area contributed by atoms with Crippen molar-refractivity contribution in [3.05, 3.63) is 52.1 Å². The van der Waals surface area contributed by atoms with E-state index in [0.717, 1.165) is 11.1 Å². The van der Waals surface area contributed by atoms with Gasteiger partial charge in [0.15, 0.2) is 4.67 Å². The van der Waals surface area contributed by atoms with Crippen molar-refractivity contribution in [1.29, 1.82) is 0 Å². The first-order valence-corrected chi connectivity index (χ1v) is 6.20. The number of nitrogens with one attached hydrogen (secondary N) is 1. The summed E-state index contributed by atoms with van der Waals surface area (Å²) < 4.78 is 24.5. The number of rotatable bonds is 4. The maximum Gasteiger partial charge on any atom is 0.174 e. The molecule has 1 unspecified atom stereocenters. The fourth-order valence-electron chi connectivity index (χ4n) is 1.92. The van der Waals surface area contributed by atoms with Crippen LogP contribution in [0.2, 0.25) is 0 Å². The van der Waals surface area contributed by atoms with Gasteiger partial charge in [-0.2, -0.15) is 0 Å². The molecule has 1 aromatic heterocycles. The molecule has 0 radical (unpaired) electrons. The monoisotopic (exact) mass is 313 g/mol. The van der Waals surface area contributed by atoms with Crippen LogP contribution in [0.15, 0.2) is 39.6 Å². The molecule has 0 spiro atoms. The van der Waals surface area contributed by atoms with Gasteiger partial charge in [0, 0.05) is 11.1 Å². The number of hydrogen-bond acceptors (Lipinski definition) is 3. The highest BCUT2D eigenvalue weighted by Crippen LogP contribution is 2.34. The molecule has 0 saturated carbocycles. The summed E-state index contributed by atoms with van der Waals surface area (Å²) in [5.41, 5.74) is 1.61. The van der Waals surface area contributed by atoms with Crippen LogP contribution in [-0.4, -0.2) is 14.2 Å². The van der Waals surface area contributed by atoms with E-state index in [1.54, 1.807) is 26.5 Å². The van der Waals surface area contributed by atoms with Crippen molar-refractivity contribution >= 4 is 15.9 Å². The van der Waals surface area contributed by atoms with E-state index in [1.165, 1.54) is 12.1 Å². The van der Waals surface area contributed by atoms with Crippen LogP contribution in [0.3, 0.4) is 0 Å². The van der Waals surface area contributed by atoms with E-state index in [-0.39, 0.29) is 11.9 Å². The quantitative estimate of drug-likeness (QED) is 0.938. The van der Waals surface area contributed by atoms with E-state index in [0.29, 0.717) is 10.4 Å². The van der Waals surface area contributed by atoms with E-state index in [9.17, 15) is 4.39 Å². The van der Waals surface area contributed by atoms with Crippen molar-refractivity contribution in [2.24, 2.45) is 0 Å². The normalized spacial score (nSPS) is 12.4. The number of hydrogen-bond donors (Lipinski definition) is 1. The molecule has 5 heteroatoms. The first-order valence-electron chi connectivity index (χ1n) is 5.41. The van der Waals surface area contributed by atoms with E-state index in [1.807, 2.05) is 6.07 Å². The molecule has 18 heavy (non-hydrogen) atoms.